The SMILES string of the molecule is CCC1COC(C)CN1CC(O)CNC. The van der Waals surface area contributed by atoms with Gasteiger partial charge in [0.25, 0.3) is 0 Å². The highest BCUT2D eigenvalue weighted by Crippen LogP contribution is 2.14. The Balaban J connectivity index is 2.40. The fourth-order valence-electron chi connectivity index (χ4n) is 2.08. The molecule has 1 saturated heterocycles. The van der Waals surface area contributed by atoms with Gasteiger partial charge in [-0.15, -0.1) is 0 Å². The van der Waals surface area contributed by atoms with Crippen molar-refractivity contribution in [1.82, 2.24) is 10.2 Å². The van der Waals surface area contributed by atoms with Crippen molar-refractivity contribution in [3.8, 4) is 0 Å². The molecule has 0 radical (unpaired) electrons. The zero-order valence-corrected chi connectivity index (χ0v) is 10.1. The Morgan fingerprint density at radius 2 is 2.33 bits per heavy atom. The second kappa shape index (κ2) is 6.43. The summed E-state index contributed by atoms with van der Waals surface area (Å²) in [5, 5.41) is 12.7. The Hall–Kier alpha value is -0.160. The van der Waals surface area contributed by atoms with E-state index >= 15 is 0 Å². The van der Waals surface area contributed by atoms with E-state index in [1.54, 1.807) is 0 Å². The van der Waals surface area contributed by atoms with Crippen LogP contribution in [0.1, 0.15) is 20.3 Å². The molecule has 0 saturated carbocycles. The minimum Gasteiger partial charge on any atom is -0.390 e. The van der Waals surface area contributed by atoms with Gasteiger partial charge in [0.1, 0.15) is 0 Å². The molecule has 90 valence electrons. The lowest BCUT2D eigenvalue weighted by Crippen LogP contribution is -2.52. The summed E-state index contributed by atoms with van der Waals surface area (Å²) >= 11 is 0. The number of rotatable bonds is 5. The molecular formula is C11H24N2O2. The van der Waals surface area contributed by atoms with Crippen LogP contribution in [-0.2, 0) is 4.74 Å². The zero-order valence-electron chi connectivity index (χ0n) is 10.1. The molecule has 0 amide bonds. The van der Waals surface area contributed by atoms with Crippen LogP contribution in [-0.4, -0.2) is 61.5 Å². The van der Waals surface area contributed by atoms with Crippen molar-refractivity contribution in [1.29, 1.82) is 0 Å². The number of nitrogens with one attached hydrogen (secondary N) is 1. The van der Waals surface area contributed by atoms with E-state index in [0.717, 1.165) is 26.1 Å². The number of morpholine rings is 1. The molecule has 1 fully saturated rings. The van der Waals surface area contributed by atoms with Crippen molar-refractivity contribution in [3.05, 3.63) is 0 Å². The van der Waals surface area contributed by atoms with Crippen LogP contribution in [0.4, 0.5) is 0 Å². The Morgan fingerprint density at radius 3 is 2.93 bits per heavy atom. The van der Waals surface area contributed by atoms with Gasteiger partial charge >= 0.3 is 0 Å². The first-order valence-corrected chi connectivity index (χ1v) is 5.85. The van der Waals surface area contributed by atoms with Crippen LogP contribution in [0, 0.1) is 0 Å². The molecule has 2 N–H and O–H groups in total. The number of hydrogen-bond donors (Lipinski definition) is 2. The third-order valence-electron chi connectivity index (χ3n) is 2.94. The molecule has 0 aromatic heterocycles. The third kappa shape index (κ3) is 4.07. The highest BCUT2D eigenvalue weighted by molar-refractivity contribution is 4.79. The summed E-state index contributed by atoms with van der Waals surface area (Å²) in [5.41, 5.74) is 0. The summed E-state index contributed by atoms with van der Waals surface area (Å²) < 4.78 is 5.61. The van der Waals surface area contributed by atoms with E-state index in [1.165, 1.54) is 0 Å². The van der Waals surface area contributed by atoms with E-state index in [1.807, 2.05) is 7.05 Å². The quantitative estimate of drug-likeness (QED) is 0.682. The minimum atomic E-state index is -0.283. The van der Waals surface area contributed by atoms with E-state index in [-0.39, 0.29) is 12.2 Å². The fraction of sp³-hybridized carbons (Fsp3) is 1.00. The second-order valence-corrected chi connectivity index (χ2v) is 4.37. The van der Waals surface area contributed by atoms with Crippen LogP contribution in [0.25, 0.3) is 0 Å². The maximum Gasteiger partial charge on any atom is 0.0791 e. The molecule has 0 aromatic rings. The van der Waals surface area contributed by atoms with Gasteiger partial charge in [0.05, 0.1) is 18.8 Å². The summed E-state index contributed by atoms with van der Waals surface area (Å²) in [5.74, 6) is 0. The number of nitrogens with zero attached hydrogens (tertiary/aromatic N) is 1. The Morgan fingerprint density at radius 1 is 1.60 bits per heavy atom. The molecule has 1 heterocycles. The van der Waals surface area contributed by atoms with Crippen LogP contribution in [0.3, 0.4) is 0 Å². The first-order valence-electron chi connectivity index (χ1n) is 5.85. The first kappa shape index (κ1) is 12.9. The van der Waals surface area contributed by atoms with Crippen molar-refractivity contribution >= 4 is 0 Å². The smallest absolute Gasteiger partial charge is 0.0791 e. The number of β-amino-alcohol motifs (C(OH)–C–C–N with tert-alkyl or cyclic N) is 1. The minimum absolute atomic E-state index is 0.283. The predicted octanol–water partition coefficient (Wildman–Crippen LogP) is 0.0660. The molecule has 3 unspecified atom stereocenters. The Kier molecular flexibility index (Phi) is 5.53. The molecule has 0 bridgehead atoms. The number of aliphatic hydroxyl groups is 1. The van der Waals surface area contributed by atoms with Gasteiger partial charge in [0.2, 0.25) is 0 Å². The monoisotopic (exact) mass is 216 g/mol. The average Bonchev–Trinajstić information content (AvgIpc) is 2.18. The van der Waals surface area contributed by atoms with Crippen molar-refractivity contribution in [2.24, 2.45) is 0 Å². The molecule has 15 heavy (non-hydrogen) atoms. The van der Waals surface area contributed by atoms with E-state index in [9.17, 15) is 5.11 Å². The largest absolute Gasteiger partial charge is 0.390 e. The lowest BCUT2D eigenvalue weighted by molar-refractivity contribution is -0.0673. The molecular weight excluding hydrogens is 192 g/mol. The number of hydrogen-bond acceptors (Lipinski definition) is 4. The van der Waals surface area contributed by atoms with Gasteiger partial charge in [0, 0.05) is 25.7 Å². The summed E-state index contributed by atoms with van der Waals surface area (Å²) in [7, 11) is 1.86. The maximum absolute atomic E-state index is 9.76. The van der Waals surface area contributed by atoms with Gasteiger partial charge in [-0.1, -0.05) is 6.92 Å². The van der Waals surface area contributed by atoms with Gasteiger partial charge < -0.3 is 15.2 Å². The molecule has 1 rings (SSSR count). The highest BCUT2D eigenvalue weighted by Gasteiger charge is 2.26. The van der Waals surface area contributed by atoms with Crippen molar-refractivity contribution in [2.45, 2.75) is 38.5 Å². The topological polar surface area (TPSA) is 44.7 Å². The lowest BCUT2D eigenvalue weighted by atomic mass is 10.1. The molecule has 0 aliphatic carbocycles. The van der Waals surface area contributed by atoms with Crippen molar-refractivity contribution < 1.29 is 9.84 Å². The van der Waals surface area contributed by atoms with Gasteiger partial charge in [0.15, 0.2) is 0 Å². The summed E-state index contributed by atoms with van der Waals surface area (Å²) in [6.07, 6.45) is 1.09. The molecule has 1 aliphatic heterocycles. The molecule has 0 aromatic carbocycles. The van der Waals surface area contributed by atoms with Crippen molar-refractivity contribution in [3.63, 3.8) is 0 Å². The average molecular weight is 216 g/mol. The number of aliphatic hydroxyl groups excluding tert-OH is 1. The fourth-order valence-corrected chi connectivity index (χ4v) is 2.08. The zero-order chi connectivity index (χ0) is 11.3. The molecule has 0 spiro atoms. The second-order valence-electron chi connectivity index (χ2n) is 4.37. The van der Waals surface area contributed by atoms with E-state index in [0.29, 0.717) is 12.6 Å². The van der Waals surface area contributed by atoms with Gasteiger partial charge in [-0.3, -0.25) is 4.90 Å². The highest BCUT2D eigenvalue weighted by atomic mass is 16.5. The Bertz CT molecular complexity index is 178. The van der Waals surface area contributed by atoms with Crippen LogP contribution in [0.5, 0.6) is 0 Å². The van der Waals surface area contributed by atoms with Gasteiger partial charge in [-0.2, -0.15) is 0 Å². The predicted molar refractivity (Wildman–Crippen MR) is 61.0 cm³/mol. The summed E-state index contributed by atoms with van der Waals surface area (Å²) in [4.78, 5) is 2.34. The molecule has 4 heteroatoms. The molecule has 4 nitrogen and oxygen atoms in total. The Labute approximate surface area is 92.6 Å². The standard InChI is InChI=1S/C11H24N2O2/c1-4-10-8-15-9(2)6-13(10)7-11(14)5-12-3/h9-12,14H,4-8H2,1-3H3. The third-order valence-corrected chi connectivity index (χ3v) is 2.94. The summed E-state index contributed by atoms with van der Waals surface area (Å²) in [6, 6.07) is 0.465. The van der Waals surface area contributed by atoms with Crippen LogP contribution < -0.4 is 5.32 Å². The number of likely N-dealkylation sites (N-methyl/N-ethyl adjacent to an activating group) is 1. The normalized spacial score (nSPS) is 30.4. The molecule has 1 aliphatic rings. The lowest BCUT2D eigenvalue weighted by Gasteiger charge is -2.39. The molecule has 3 atom stereocenters. The van der Waals surface area contributed by atoms with E-state index < -0.39 is 0 Å². The number of ether oxygens (including phenoxy) is 1. The van der Waals surface area contributed by atoms with Crippen molar-refractivity contribution in [2.75, 3.05) is 33.3 Å². The van der Waals surface area contributed by atoms with Crippen LogP contribution in [0.15, 0.2) is 0 Å². The van der Waals surface area contributed by atoms with Gasteiger partial charge in [-0.05, 0) is 20.4 Å². The van der Waals surface area contributed by atoms with Crippen LogP contribution >= 0.6 is 0 Å². The summed E-state index contributed by atoms with van der Waals surface area (Å²) in [6.45, 7) is 7.38. The van der Waals surface area contributed by atoms with E-state index in [2.05, 4.69) is 24.1 Å². The van der Waals surface area contributed by atoms with Gasteiger partial charge in [-0.25, -0.2) is 0 Å². The maximum atomic E-state index is 9.76. The first-order chi connectivity index (χ1) is 7.17. The van der Waals surface area contributed by atoms with E-state index in [4.69, 9.17) is 4.74 Å². The van der Waals surface area contributed by atoms with Crippen LogP contribution in [0.2, 0.25) is 0 Å².